The lowest BCUT2D eigenvalue weighted by Crippen LogP contribution is -2.19. The quantitative estimate of drug-likeness (QED) is 0.873. The molecule has 0 amide bonds. The van der Waals surface area contributed by atoms with E-state index in [1.807, 2.05) is 10.9 Å². The van der Waals surface area contributed by atoms with Crippen molar-refractivity contribution in [2.75, 3.05) is 19.8 Å². The first kappa shape index (κ1) is 14.0. The highest BCUT2D eigenvalue weighted by molar-refractivity contribution is 5.81. The maximum Gasteiger partial charge on any atom is 0.150 e. The molecule has 0 aliphatic carbocycles. The maximum atomic E-state index is 6.12. The van der Waals surface area contributed by atoms with Crippen LogP contribution in [0.4, 0.5) is 0 Å². The third kappa shape index (κ3) is 2.59. The molecule has 2 aromatic rings. The van der Waals surface area contributed by atoms with Crippen molar-refractivity contribution in [1.82, 2.24) is 9.78 Å². The predicted octanol–water partition coefficient (Wildman–Crippen LogP) is 3.21. The number of nitrogens with zero attached hydrogens (tertiary/aromatic N) is 2. The number of aromatic nitrogens is 2. The van der Waals surface area contributed by atoms with Crippen LogP contribution in [-0.2, 0) is 9.47 Å². The number of hydrogen-bond donors (Lipinski definition) is 0. The first-order chi connectivity index (χ1) is 10.8. The van der Waals surface area contributed by atoms with Gasteiger partial charge in [-0.15, -0.1) is 0 Å². The van der Waals surface area contributed by atoms with E-state index in [0.717, 1.165) is 54.7 Å². The Balaban J connectivity index is 1.67. The highest BCUT2D eigenvalue weighted by Crippen LogP contribution is 2.31. The van der Waals surface area contributed by atoms with Gasteiger partial charge in [-0.05, 0) is 37.8 Å². The van der Waals surface area contributed by atoms with Gasteiger partial charge in [-0.3, -0.25) is 0 Å². The Labute approximate surface area is 130 Å². The maximum absolute atomic E-state index is 6.12. The Morgan fingerprint density at radius 3 is 2.95 bits per heavy atom. The normalized spacial score (nSPS) is 25.7. The second-order valence-electron chi connectivity index (χ2n) is 6.19. The number of ether oxygens (including phenoxy) is 3. The molecule has 2 saturated heterocycles. The Morgan fingerprint density at radius 2 is 2.18 bits per heavy atom. The van der Waals surface area contributed by atoms with E-state index >= 15 is 0 Å². The van der Waals surface area contributed by atoms with Crippen LogP contribution in [0.15, 0.2) is 18.3 Å². The molecule has 22 heavy (non-hydrogen) atoms. The molecule has 2 aliphatic rings. The zero-order chi connectivity index (χ0) is 14.9. The van der Waals surface area contributed by atoms with Gasteiger partial charge in [-0.2, -0.15) is 5.10 Å². The van der Waals surface area contributed by atoms with E-state index in [1.54, 1.807) is 0 Å². The van der Waals surface area contributed by atoms with Gasteiger partial charge in [-0.1, -0.05) is 0 Å². The van der Waals surface area contributed by atoms with Crippen LogP contribution in [0.2, 0.25) is 0 Å². The lowest BCUT2D eigenvalue weighted by atomic mass is 10.1. The molecule has 0 radical (unpaired) electrons. The summed E-state index contributed by atoms with van der Waals surface area (Å²) in [7, 11) is 0. The second kappa shape index (κ2) is 5.89. The van der Waals surface area contributed by atoms with Crippen molar-refractivity contribution in [3.05, 3.63) is 23.9 Å². The van der Waals surface area contributed by atoms with Crippen LogP contribution < -0.4 is 4.74 Å². The average Bonchev–Trinajstić information content (AvgIpc) is 3.18. The van der Waals surface area contributed by atoms with E-state index in [2.05, 4.69) is 24.2 Å². The van der Waals surface area contributed by atoms with Crippen molar-refractivity contribution in [3.8, 4) is 5.75 Å². The predicted molar refractivity (Wildman–Crippen MR) is 83.2 cm³/mol. The SMILES string of the molecule is Cc1cc2cnn(C3CCCCO3)c2cc1OC1CCOC1. The summed E-state index contributed by atoms with van der Waals surface area (Å²) in [6, 6.07) is 4.25. The smallest absolute Gasteiger partial charge is 0.150 e. The second-order valence-corrected chi connectivity index (χ2v) is 6.19. The summed E-state index contributed by atoms with van der Waals surface area (Å²) in [5, 5.41) is 5.68. The lowest BCUT2D eigenvalue weighted by Gasteiger charge is -2.23. The van der Waals surface area contributed by atoms with Gasteiger partial charge in [0.15, 0.2) is 6.23 Å². The molecule has 5 heteroatoms. The first-order valence-electron chi connectivity index (χ1n) is 8.15. The van der Waals surface area contributed by atoms with Crippen LogP contribution in [0.25, 0.3) is 10.9 Å². The molecule has 0 N–H and O–H groups in total. The number of rotatable bonds is 3. The average molecular weight is 302 g/mol. The van der Waals surface area contributed by atoms with Crippen LogP contribution in [0.5, 0.6) is 5.75 Å². The molecule has 2 atom stereocenters. The van der Waals surface area contributed by atoms with E-state index < -0.39 is 0 Å². The molecular weight excluding hydrogens is 280 g/mol. The van der Waals surface area contributed by atoms with Gasteiger partial charge in [-0.25, -0.2) is 4.68 Å². The third-order valence-corrected chi connectivity index (χ3v) is 4.50. The number of benzene rings is 1. The number of fused-ring (bicyclic) bond motifs is 1. The van der Waals surface area contributed by atoms with E-state index in [0.29, 0.717) is 6.61 Å². The third-order valence-electron chi connectivity index (χ3n) is 4.50. The molecule has 4 rings (SSSR count). The van der Waals surface area contributed by atoms with E-state index in [9.17, 15) is 0 Å². The van der Waals surface area contributed by atoms with Gasteiger partial charge in [0.05, 0.1) is 24.9 Å². The topological polar surface area (TPSA) is 45.5 Å². The zero-order valence-corrected chi connectivity index (χ0v) is 13.0. The highest BCUT2D eigenvalue weighted by atomic mass is 16.5. The van der Waals surface area contributed by atoms with E-state index in [4.69, 9.17) is 14.2 Å². The number of hydrogen-bond acceptors (Lipinski definition) is 4. The molecule has 0 bridgehead atoms. The Kier molecular flexibility index (Phi) is 3.76. The van der Waals surface area contributed by atoms with Crippen LogP contribution in [0.1, 0.15) is 37.5 Å². The standard InChI is InChI=1S/C17H22N2O3/c1-12-8-13-10-18-19(17-4-2-3-6-21-17)15(13)9-16(12)22-14-5-7-20-11-14/h8-10,14,17H,2-7,11H2,1H3. The molecule has 1 aromatic heterocycles. The Hall–Kier alpha value is -1.59. The minimum Gasteiger partial charge on any atom is -0.488 e. The van der Waals surface area contributed by atoms with E-state index in [1.165, 1.54) is 6.42 Å². The van der Waals surface area contributed by atoms with Crippen molar-refractivity contribution in [2.45, 2.75) is 44.9 Å². The molecule has 0 saturated carbocycles. The van der Waals surface area contributed by atoms with E-state index in [-0.39, 0.29) is 12.3 Å². The van der Waals surface area contributed by atoms with Crippen molar-refractivity contribution < 1.29 is 14.2 Å². The summed E-state index contributed by atoms with van der Waals surface area (Å²) in [5.74, 6) is 0.931. The minimum absolute atomic E-state index is 0.0524. The molecule has 2 aliphatic heterocycles. The van der Waals surface area contributed by atoms with Crippen LogP contribution in [0.3, 0.4) is 0 Å². The van der Waals surface area contributed by atoms with Crippen molar-refractivity contribution in [3.63, 3.8) is 0 Å². The van der Waals surface area contributed by atoms with Crippen LogP contribution in [-0.4, -0.2) is 35.7 Å². The molecule has 0 spiro atoms. The summed E-state index contributed by atoms with van der Waals surface area (Å²) in [6.45, 7) is 4.38. The Morgan fingerprint density at radius 1 is 1.23 bits per heavy atom. The monoisotopic (exact) mass is 302 g/mol. The summed E-state index contributed by atoms with van der Waals surface area (Å²) < 4.78 is 19.4. The molecule has 118 valence electrons. The molecular formula is C17H22N2O3. The summed E-state index contributed by atoms with van der Waals surface area (Å²) in [6.07, 6.45) is 6.46. The van der Waals surface area contributed by atoms with Gasteiger partial charge in [0.2, 0.25) is 0 Å². The van der Waals surface area contributed by atoms with Gasteiger partial charge in [0.25, 0.3) is 0 Å². The summed E-state index contributed by atoms with van der Waals surface area (Å²) in [5.41, 5.74) is 2.23. The first-order valence-corrected chi connectivity index (χ1v) is 8.15. The summed E-state index contributed by atoms with van der Waals surface area (Å²) >= 11 is 0. The fourth-order valence-electron chi connectivity index (χ4n) is 3.25. The van der Waals surface area contributed by atoms with Crippen molar-refractivity contribution >= 4 is 10.9 Å². The van der Waals surface area contributed by atoms with Gasteiger partial charge >= 0.3 is 0 Å². The number of aryl methyl sites for hydroxylation is 1. The molecule has 2 fully saturated rings. The molecule has 2 unspecified atom stereocenters. The fourth-order valence-corrected chi connectivity index (χ4v) is 3.25. The van der Waals surface area contributed by atoms with Crippen LogP contribution >= 0.6 is 0 Å². The zero-order valence-electron chi connectivity index (χ0n) is 13.0. The Bertz CT molecular complexity index is 655. The van der Waals surface area contributed by atoms with Crippen LogP contribution in [0, 0.1) is 6.92 Å². The molecule has 5 nitrogen and oxygen atoms in total. The van der Waals surface area contributed by atoms with Crippen molar-refractivity contribution in [2.24, 2.45) is 0 Å². The minimum atomic E-state index is 0.0524. The van der Waals surface area contributed by atoms with Gasteiger partial charge in [0.1, 0.15) is 11.9 Å². The van der Waals surface area contributed by atoms with Gasteiger partial charge in [0, 0.05) is 24.5 Å². The largest absolute Gasteiger partial charge is 0.488 e. The molecule has 1 aromatic carbocycles. The summed E-state index contributed by atoms with van der Waals surface area (Å²) in [4.78, 5) is 0. The lowest BCUT2D eigenvalue weighted by molar-refractivity contribution is -0.0366. The van der Waals surface area contributed by atoms with Gasteiger partial charge < -0.3 is 14.2 Å². The molecule has 3 heterocycles. The highest BCUT2D eigenvalue weighted by Gasteiger charge is 2.21. The fraction of sp³-hybridized carbons (Fsp3) is 0.588. The van der Waals surface area contributed by atoms with Crippen molar-refractivity contribution in [1.29, 1.82) is 0 Å².